The molecule has 1 aromatic rings. The molecular formula is C9H9IO2. The van der Waals surface area contributed by atoms with Crippen molar-refractivity contribution in [2.45, 2.75) is 13.8 Å². The van der Waals surface area contributed by atoms with Crippen molar-refractivity contribution in [3.63, 3.8) is 0 Å². The van der Waals surface area contributed by atoms with Gasteiger partial charge in [0.15, 0.2) is 5.78 Å². The molecule has 0 fully saturated rings. The minimum Gasteiger partial charge on any atom is -0.507 e. The molecule has 1 rings (SSSR count). The van der Waals surface area contributed by atoms with Crippen LogP contribution in [0.4, 0.5) is 0 Å². The van der Waals surface area contributed by atoms with Gasteiger partial charge in [0.25, 0.3) is 0 Å². The monoisotopic (exact) mass is 276 g/mol. The van der Waals surface area contributed by atoms with Crippen molar-refractivity contribution >= 4 is 28.4 Å². The Bertz CT molecular complexity index is 332. The van der Waals surface area contributed by atoms with Crippen molar-refractivity contribution in [1.29, 1.82) is 0 Å². The van der Waals surface area contributed by atoms with Crippen LogP contribution < -0.4 is 0 Å². The van der Waals surface area contributed by atoms with Crippen molar-refractivity contribution in [3.8, 4) is 5.75 Å². The maximum absolute atomic E-state index is 11.0. The third-order valence-electron chi connectivity index (χ3n) is 1.67. The average Bonchev–Trinajstić information content (AvgIpc) is 1.96. The van der Waals surface area contributed by atoms with Crippen LogP contribution in [0, 0.1) is 10.5 Å². The van der Waals surface area contributed by atoms with Crippen molar-refractivity contribution in [3.05, 3.63) is 26.8 Å². The van der Waals surface area contributed by atoms with Crippen LogP contribution in [0.1, 0.15) is 22.8 Å². The van der Waals surface area contributed by atoms with E-state index in [1.807, 2.05) is 29.5 Å². The third kappa shape index (κ3) is 1.77. The van der Waals surface area contributed by atoms with Crippen molar-refractivity contribution in [2.24, 2.45) is 0 Å². The van der Waals surface area contributed by atoms with E-state index in [1.54, 1.807) is 6.07 Å². The number of halogens is 1. The molecule has 64 valence electrons. The Labute approximate surface area is 84.7 Å². The summed E-state index contributed by atoms with van der Waals surface area (Å²) in [6.07, 6.45) is 0. The summed E-state index contributed by atoms with van der Waals surface area (Å²) >= 11 is 2.03. The Morgan fingerprint density at radius 3 is 2.58 bits per heavy atom. The fourth-order valence-electron chi connectivity index (χ4n) is 1.04. The summed E-state index contributed by atoms with van der Waals surface area (Å²) in [4.78, 5) is 11.0. The van der Waals surface area contributed by atoms with Gasteiger partial charge in [-0.05, 0) is 54.1 Å². The SMILES string of the molecule is CC(=O)c1cc(O)c(I)cc1C. The zero-order valence-electron chi connectivity index (χ0n) is 6.89. The van der Waals surface area contributed by atoms with Gasteiger partial charge >= 0.3 is 0 Å². The zero-order chi connectivity index (χ0) is 9.30. The fourth-order valence-corrected chi connectivity index (χ4v) is 1.66. The van der Waals surface area contributed by atoms with Crippen LogP contribution in [0.25, 0.3) is 0 Å². The molecule has 0 bridgehead atoms. The summed E-state index contributed by atoms with van der Waals surface area (Å²) in [5.41, 5.74) is 1.50. The first-order chi connectivity index (χ1) is 5.52. The van der Waals surface area contributed by atoms with Gasteiger partial charge in [0.1, 0.15) is 5.75 Å². The predicted molar refractivity (Wildman–Crippen MR) is 55.6 cm³/mol. The number of hydrogen-bond acceptors (Lipinski definition) is 2. The third-order valence-corrected chi connectivity index (χ3v) is 2.54. The Hall–Kier alpha value is -0.580. The lowest BCUT2D eigenvalue weighted by Gasteiger charge is -2.03. The summed E-state index contributed by atoms with van der Waals surface area (Å²) in [7, 11) is 0. The number of hydrogen-bond donors (Lipinski definition) is 1. The highest BCUT2D eigenvalue weighted by Gasteiger charge is 2.07. The van der Waals surface area contributed by atoms with Crippen LogP contribution in [0.2, 0.25) is 0 Å². The fraction of sp³-hybridized carbons (Fsp3) is 0.222. The van der Waals surface area contributed by atoms with Gasteiger partial charge in [0.2, 0.25) is 0 Å². The highest BCUT2D eigenvalue weighted by Crippen LogP contribution is 2.23. The molecule has 2 nitrogen and oxygen atoms in total. The van der Waals surface area contributed by atoms with Gasteiger partial charge < -0.3 is 5.11 Å². The minimum absolute atomic E-state index is 0.0146. The second-order valence-corrected chi connectivity index (χ2v) is 3.84. The Morgan fingerprint density at radius 2 is 2.08 bits per heavy atom. The standard InChI is InChI=1S/C9H9IO2/c1-5-3-8(10)9(12)4-7(5)6(2)11/h3-4,12H,1-2H3. The maximum atomic E-state index is 11.0. The summed E-state index contributed by atoms with van der Waals surface area (Å²) in [6, 6.07) is 3.31. The first-order valence-electron chi connectivity index (χ1n) is 3.52. The van der Waals surface area contributed by atoms with Crippen LogP contribution in [-0.2, 0) is 0 Å². The number of rotatable bonds is 1. The second-order valence-electron chi connectivity index (χ2n) is 2.67. The van der Waals surface area contributed by atoms with Gasteiger partial charge in [-0.25, -0.2) is 0 Å². The van der Waals surface area contributed by atoms with E-state index in [0.717, 1.165) is 9.13 Å². The Morgan fingerprint density at radius 1 is 1.50 bits per heavy atom. The van der Waals surface area contributed by atoms with Crippen LogP contribution in [0.5, 0.6) is 5.75 Å². The Balaban J connectivity index is 3.33. The summed E-state index contributed by atoms with van der Waals surface area (Å²) in [6.45, 7) is 3.35. The number of carbonyl (C=O) groups is 1. The van der Waals surface area contributed by atoms with Gasteiger partial charge in [0, 0.05) is 5.56 Å². The normalized spacial score (nSPS) is 9.92. The maximum Gasteiger partial charge on any atom is 0.160 e. The topological polar surface area (TPSA) is 37.3 Å². The van der Waals surface area contributed by atoms with Gasteiger partial charge in [-0.15, -0.1) is 0 Å². The van der Waals surface area contributed by atoms with Gasteiger partial charge in [0.05, 0.1) is 3.57 Å². The molecule has 12 heavy (non-hydrogen) atoms. The van der Waals surface area contributed by atoms with E-state index < -0.39 is 0 Å². The van der Waals surface area contributed by atoms with E-state index >= 15 is 0 Å². The number of carbonyl (C=O) groups excluding carboxylic acids is 1. The number of aromatic hydroxyl groups is 1. The first kappa shape index (κ1) is 9.51. The summed E-state index contributed by atoms with van der Waals surface area (Å²) < 4.78 is 0.773. The Kier molecular flexibility index (Phi) is 2.72. The quantitative estimate of drug-likeness (QED) is 0.632. The van der Waals surface area contributed by atoms with E-state index in [9.17, 15) is 9.90 Å². The molecule has 0 aromatic heterocycles. The van der Waals surface area contributed by atoms with E-state index in [2.05, 4.69) is 0 Å². The van der Waals surface area contributed by atoms with Crippen LogP contribution >= 0.6 is 22.6 Å². The smallest absolute Gasteiger partial charge is 0.160 e. The number of ketones is 1. The van der Waals surface area contributed by atoms with Gasteiger partial charge in [-0.1, -0.05) is 0 Å². The van der Waals surface area contributed by atoms with E-state index in [0.29, 0.717) is 5.56 Å². The van der Waals surface area contributed by atoms with Crippen LogP contribution in [-0.4, -0.2) is 10.9 Å². The van der Waals surface area contributed by atoms with Crippen molar-refractivity contribution in [1.82, 2.24) is 0 Å². The molecular weight excluding hydrogens is 267 g/mol. The van der Waals surface area contributed by atoms with Crippen molar-refractivity contribution < 1.29 is 9.90 Å². The first-order valence-corrected chi connectivity index (χ1v) is 4.60. The van der Waals surface area contributed by atoms with Gasteiger partial charge in [-0.2, -0.15) is 0 Å². The largest absolute Gasteiger partial charge is 0.507 e. The van der Waals surface area contributed by atoms with Crippen molar-refractivity contribution in [2.75, 3.05) is 0 Å². The molecule has 0 saturated carbocycles. The average molecular weight is 276 g/mol. The molecule has 3 heteroatoms. The molecule has 0 unspecified atom stereocenters. The molecule has 0 amide bonds. The van der Waals surface area contributed by atoms with Crippen LogP contribution in [0.15, 0.2) is 12.1 Å². The molecule has 0 radical (unpaired) electrons. The lowest BCUT2D eigenvalue weighted by atomic mass is 10.1. The predicted octanol–water partition coefficient (Wildman–Crippen LogP) is 2.51. The van der Waals surface area contributed by atoms with Crippen LogP contribution in [0.3, 0.4) is 0 Å². The molecule has 0 heterocycles. The van der Waals surface area contributed by atoms with Gasteiger partial charge in [-0.3, -0.25) is 4.79 Å². The molecule has 0 aliphatic carbocycles. The number of aryl methyl sites for hydroxylation is 1. The summed E-state index contributed by atoms with van der Waals surface area (Å²) in [5.74, 6) is 0.158. The number of benzene rings is 1. The number of phenols is 1. The van der Waals surface area contributed by atoms with E-state index in [4.69, 9.17) is 0 Å². The molecule has 0 saturated heterocycles. The van der Waals surface area contributed by atoms with E-state index in [-0.39, 0.29) is 11.5 Å². The number of Topliss-reactive ketones (excluding diaryl/α,β-unsaturated/α-hetero) is 1. The highest BCUT2D eigenvalue weighted by molar-refractivity contribution is 14.1. The summed E-state index contributed by atoms with van der Waals surface area (Å²) in [5, 5.41) is 9.31. The minimum atomic E-state index is -0.0146. The molecule has 1 N–H and O–H groups in total. The van der Waals surface area contributed by atoms with E-state index in [1.165, 1.54) is 13.0 Å². The number of phenolic OH excluding ortho intramolecular Hbond substituents is 1. The molecule has 0 aliphatic rings. The molecule has 0 spiro atoms. The second kappa shape index (κ2) is 3.43. The molecule has 0 aliphatic heterocycles. The molecule has 0 atom stereocenters. The highest BCUT2D eigenvalue weighted by atomic mass is 127. The molecule has 1 aromatic carbocycles. The zero-order valence-corrected chi connectivity index (χ0v) is 9.05. The lowest BCUT2D eigenvalue weighted by molar-refractivity contribution is 0.101. The lowest BCUT2D eigenvalue weighted by Crippen LogP contribution is -1.96.